The summed E-state index contributed by atoms with van der Waals surface area (Å²) in [5.41, 5.74) is 2.86. The minimum absolute atomic E-state index is 0.186. The van der Waals surface area contributed by atoms with Crippen LogP contribution in [0.15, 0.2) is 40.3 Å². The van der Waals surface area contributed by atoms with E-state index in [1.165, 1.54) is 0 Å². The highest BCUT2D eigenvalue weighted by atomic mass is 35.5. The number of rotatable bonds is 4. The van der Waals surface area contributed by atoms with Gasteiger partial charge < -0.3 is 4.57 Å². The van der Waals surface area contributed by atoms with Crippen molar-refractivity contribution in [2.75, 3.05) is 0 Å². The van der Waals surface area contributed by atoms with Crippen molar-refractivity contribution in [3.8, 4) is 0 Å². The number of amides is 1. The molecule has 1 saturated heterocycles. The van der Waals surface area contributed by atoms with Gasteiger partial charge in [-0.1, -0.05) is 23.7 Å². The van der Waals surface area contributed by atoms with Crippen LogP contribution in [-0.2, 0) is 19.5 Å². The summed E-state index contributed by atoms with van der Waals surface area (Å²) in [6.45, 7) is 3.34. The van der Waals surface area contributed by atoms with Crippen LogP contribution in [0.4, 0.5) is 0 Å². The Balaban J connectivity index is 1.63. The van der Waals surface area contributed by atoms with Crippen molar-refractivity contribution in [3.05, 3.63) is 73.0 Å². The Labute approximate surface area is 178 Å². The summed E-state index contributed by atoms with van der Waals surface area (Å²) in [4.78, 5) is 36.9. The number of nitroso groups, excluding NO2 is 1. The SMILES string of the molecule is CC1CCC2C(Cl)c3cc(Cl)c(=O)n(CCc4ccc(C(=O)N=O)cc4)c3CN12. The van der Waals surface area contributed by atoms with Gasteiger partial charge in [0.25, 0.3) is 5.56 Å². The fourth-order valence-electron chi connectivity index (χ4n) is 4.49. The molecule has 4 rings (SSSR count). The Morgan fingerprint density at radius 3 is 2.66 bits per heavy atom. The summed E-state index contributed by atoms with van der Waals surface area (Å²) in [5.74, 6) is -0.792. The Kier molecular flexibility index (Phi) is 5.60. The van der Waals surface area contributed by atoms with E-state index >= 15 is 0 Å². The molecule has 2 aromatic rings. The van der Waals surface area contributed by atoms with Gasteiger partial charge in [0.05, 0.1) is 5.38 Å². The quantitative estimate of drug-likeness (QED) is 0.532. The maximum Gasteiger partial charge on any atom is 0.316 e. The van der Waals surface area contributed by atoms with Crippen LogP contribution in [0.25, 0.3) is 0 Å². The zero-order chi connectivity index (χ0) is 20.7. The first-order valence-electron chi connectivity index (χ1n) is 9.69. The van der Waals surface area contributed by atoms with Gasteiger partial charge >= 0.3 is 5.91 Å². The van der Waals surface area contributed by atoms with Gasteiger partial charge in [0.2, 0.25) is 0 Å². The third-order valence-electron chi connectivity index (χ3n) is 6.14. The van der Waals surface area contributed by atoms with Crippen LogP contribution in [0.1, 0.15) is 52.3 Å². The molecule has 3 atom stereocenters. The molecule has 1 fully saturated rings. The number of alkyl halides is 1. The molecule has 1 amide bonds. The van der Waals surface area contributed by atoms with Crippen LogP contribution in [-0.4, -0.2) is 27.5 Å². The predicted molar refractivity (Wildman–Crippen MR) is 113 cm³/mol. The molecule has 0 N–H and O–H groups in total. The Morgan fingerprint density at radius 1 is 1.24 bits per heavy atom. The van der Waals surface area contributed by atoms with Crippen LogP contribution in [0.2, 0.25) is 5.02 Å². The van der Waals surface area contributed by atoms with Crippen molar-refractivity contribution < 1.29 is 4.79 Å². The van der Waals surface area contributed by atoms with Crippen molar-refractivity contribution >= 4 is 29.1 Å². The summed E-state index contributed by atoms with van der Waals surface area (Å²) in [6.07, 6.45) is 2.73. The maximum atomic E-state index is 12.8. The second-order valence-electron chi connectivity index (χ2n) is 7.76. The number of benzene rings is 1. The van der Waals surface area contributed by atoms with E-state index in [4.69, 9.17) is 23.2 Å². The lowest BCUT2D eigenvalue weighted by atomic mass is 9.96. The predicted octanol–water partition coefficient (Wildman–Crippen LogP) is 4.30. The first kappa shape index (κ1) is 20.3. The van der Waals surface area contributed by atoms with Gasteiger partial charge in [-0.25, -0.2) is 0 Å². The molecule has 152 valence electrons. The van der Waals surface area contributed by atoms with E-state index in [-0.39, 0.29) is 27.6 Å². The highest BCUT2D eigenvalue weighted by Gasteiger charge is 2.41. The van der Waals surface area contributed by atoms with Crippen molar-refractivity contribution in [2.45, 2.75) is 56.7 Å². The average Bonchev–Trinajstić information content (AvgIpc) is 3.10. The van der Waals surface area contributed by atoms with Gasteiger partial charge in [-0.3, -0.25) is 14.5 Å². The standard InChI is InChI=1S/C21H21Cl2N3O3/c1-12-2-7-17-19(23)15-10-16(22)21(28)25(18(15)11-26(12)17)9-8-13-3-5-14(6-4-13)20(27)24-29/h3-6,10,12,17,19H,2,7-9,11H2,1H3. The molecule has 0 radical (unpaired) electrons. The van der Waals surface area contributed by atoms with Crippen molar-refractivity contribution in [1.29, 1.82) is 0 Å². The highest BCUT2D eigenvalue weighted by molar-refractivity contribution is 6.30. The van der Waals surface area contributed by atoms with Crippen LogP contribution >= 0.6 is 23.2 Å². The van der Waals surface area contributed by atoms with Gasteiger partial charge in [0.15, 0.2) is 0 Å². The molecule has 2 aliphatic heterocycles. The summed E-state index contributed by atoms with van der Waals surface area (Å²) in [6, 6.07) is 9.12. The van der Waals surface area contributed by atoms with Gasteiger partial charge in [-0.05, 0) is 55.5 Å². The topological polar surface area (TPSA) is 71.7 Å². The molecule has 3 unspecified atom stereocenters. The Hall–Kier alpha value is -2.02. The molecule has 2 aliphatic rings. The smallest absolute Gasteiger partial charge is 0.309 e. The second-order valence-corrected chi connectivity index (χ2v) is 8.64. The number of halogens is 2. The van der Waals surface area contributed by atoms with E-state index in [0.717, 1.165) is 29.7 Å². The fraction of sp³-hybridized carbons (Fsp3) is 0.429. The van der Waals surface area contributed by atoms with Crippen LogP contribution in [0.3, 0.4) is 0 Å². The molecular weight excluding hydrogens is 413 g/mol. The van der Waals surface area contributed by atoms with Crippen molar-refractivity contribution in [3.63, 3.8) is 0 Å². The fourth-order valence-corrected chi connectivity index (χ4v) is 5.17. The Bertz CT molecular complexity index is 1020. The monoisotopic (exact) mass is 433 g/mol. The van der Waals surface area contributed by atoms with Gasteiger partial charge in [-0.15, -0.1) is 16.5 Å². The molecule has 3 heterocycles. The second kappa shape index (κ2) is 8.01. The number of carbonyl (C=O) groups excluding carboxylic acids is 1. The van der Waals surface area contributed by atoms with E-state index in [1.807, 2.05) is 0 Å². The minimum atomic E-state index is -0.792. The van der Waals surface area contributed by atoms with E-state index in [9.17, 15) is 14.5 Å². The van der Waals surface area contributed by atoms with E-state index < -0.39 is 5.91 Å². The van der Waals surface area contributed by atoms with Crippen LogP contribution in [0, 0.1) is 4.91 Å². The Morgan fingerprint density at radius 2 is 1.97 bits per heavy atom. The molecule has 29 heavy (non-hydrogen) atoms. The van der Waals surface area contributed by atoms with E-state index in [0.29, 0.717) is 25.6 Å². The molecule has 6 nitrogen and oxygen atoms in total. The molecule has 8 heteroatoms. The van der Waals surface area contributed by atoms with Crippen molar-refractivity contribution in [1.82, 2.24) is 9.47 Å². The lowest BCUT2D eigenvalue weighted by Gasteiger charge is -2.38. The third kappa shape index (κ3) is 3.65. The number of pyridine rings is 1. The summed E-state index contributed by atoms with van der Waals surface area (Å²) in [5, 5.41) is 2.43. The van der Waals surface area contributed by atoms with Gasteiger partial charge in [0.1, 0.15) is 5.02 Å². The lowest BCUT2D eigenvalue weighted by molar-refractivity contribution is 0.100. The van der Waals surface area contributed by atoms with Crippen LogP contribution in [0.5, 0.6) is 0 Å². The maximum absolute atomic E-state index is 12.8. The third-order valence-corrected chi connectivity index (χ3v) is 6.93. The number of aryl methyl sites for hydroxylation is 1. The highest BCUT2D eigenvalue weighted by Crippen LogP contribution is 2.43. The zero-order valence-electron chi connectivity index (χ0n) is 16.0. The molecule has 0 aliphatic carbocycles. The zero-order valence-corrected chi connectivity index (χ0v) is 17.5. The largest absolute Gasteiger partial charge is 0.316 e. The number of hydrogen-bond acceptors (Lipinski definition) is 4. The number of carbonyl (C=O) groups is 1. The van der Waals surface area contributed by atoms with Gasteiger partial charge in [0, 0.05) is 41.6 Å². The number of hydrogen-bond donors (Lipinski definition) is 0. The first-order chi connectivity index (χ1) is 13.9. The average molecular weight is 434 g/mol. The number of aromatic nitrogens is 1. The molecule has 1 aromatic heterocycles. The van der Waals surface area contributed by atoms with Gasteiger partial charge in [-0.2, -0.15) is 0 Å². The normalized spacial score (nSPS) is 23.5. The summed E-state index contributed by atoms with van der Waals surface area (Å²) >= 11 is 13.1. The lowest BCUT2D eigenvalue weighted by Crippen LogP contribution is -2.43. The molecule has 1 aromatic carbocycles. The first-order valence-corrected chi connectivity index (χ1v) is 10.5. The van der Waals surface area contributed by atoms with Crippen molar-refractivity contribution in [2.24, 2.45) is 5.18 Å². The number of nitrogens with zero attached hydrogens (tertiary/aromatic N) is 3. The van der Waals surface area contributed by atoms with Crippen LogP contribution < -0.4 is 5.56 Å². The molecule has 0 saturated carbocycles. The number of fused-ring (bicyclic) bond motifs is 2. The van der Waals surface area contributed by atoms with E-state index in [1.54, 1.807) is 34.9 Å². The molecular formula is C21H21Cl2N3O3. The summed E-state index contributed by atoms with van der Waals surface area (Å²) in [7, 11) is 0. The molecule has 0 spiro atoms. The summed E-state index contributed by atoms with van der Waals surface area (Å²) < 4.78 is 1.74. The molecule has 0 bridgehead atoms. The minimum Gasteiger partial charge on any atom is -0.309 e. The van der Waals surface area contributed by atoms with E-state index in [2.05, 4.69) is 17.0 Å².